The predicted octanol–water partition coefficient (Wildman–Crippen LogP) is 2.14. The number of halogens is 2. The van der Waals surface area contributed by atoms with Crippen molar-refractivity contribution in [3.05, 3.63) is 29.6 Å². The Kier molecular flexibility index (Phi) is 2.50. The molecule has 1 aliphatic heterocycles. The molecule has 2 heterocycles. The van der Waals surface area contributed by atoms with Gasteiger partial charge in [-0.25, -0.2) is 8.78 Å². The average Bonchev–Trinajstić information content (AvgIpc) is 2.78. The van der Waals surface area contributed by atoms with Gasteiger partial charge >= 0.3 is 0 Å². The molecular weight excluding hydrogens is 238 g/mol. The van der Waals surface area contributed by atoms with Crippen molar-refractivity contribution in [2.24, 2.45) is 0 Å². The van der Waals surface area contributed by atoms with Gasteiger partial charge in [0.15, 0.2) is 17.5 Å². The molecule has 0 saturated carbocycles. The van der Waals surface area contributed by atoms with Crippen molar-refractivity contribution in [2.45, 2.75) is 25.8 Å². The number of nitrogens with two attached hydrogens (primary N) is 1. The molecule has 0 atom stereocenters. The van der Waals surface area contributed by atoms with E-state index in [0.717, 1.165) is 43.8 Å². The first-order valence-electron chi connectivity index (χ1n) is 5.84. The van der Waals surface area contributed by atoms with Crippen molar-refractivity contribution in [1.29, 1.82) is 0 Å². The maximum Gasteiger partial charge on any atom is 0.166 e. The van der Waals surface area contributed by atoms with Gasteiger partial charge in [-0.3, -0.25) is 0 Å². The van der Waals surface area contributed by atoms with E-state index in [-0.39, 0.29) is 5.69 Å². The van der Waals surface area contributed by atoms with Crippen LogP contribution in [0.1, 0.15) is 18.7 Å². The summed E-state index contributed by atoms with van der Waals surface area (Å²) in [6.07, 6.45) is 2.96. The van der Waals surface area contributed by atoms with Crippen LogP contribution in [0.15, 0.2) is 12.1 Å². The Morgan fingerprint density at radius 1 is 1.11 bits per heavy atom. The molecule has 6 heteroatoms. The molecule has 18 heavy (non-hydrogen) atoms. The second-order valence-electron chi connectivity index (χ2n) is 4.40. The third-order valence-corrected chi connectivity index (χ3v) is 3.19. The third kappa shape index (κ3) is 1.64. The number of fused-ring (bicyclic) bond motifs is 1. The number of hydrogen-bond acceptors (Lipinski definition) is 3. The Morgan fingerprint density at radius 3 is 2.72 bits per heavy atom. The molecule has 94 valence electrons. The lowest BCUT2D eigenvalue weighted by Crippen LogP contribution is -2.12. The summed E-state index contributed by atoms with van der Waals surface area (Å²) in [6, 6.07) is 2.06. The number of hydrogen-bond donors (Lipinski definition) is 1. The summed E-state index contributed by atoms with van der Waals surface area (Å²) >= 11 is 0. The molecule has 3 rings (SSSR count). The van der Waals surface area contributed by atoms with Crippen LogP contribution in [0, 0.1) is 11.6 Å². The molecule has 0 bridgehead atoms. The zero-order chi connectivity index (χ0) is 12.7. The van der Waals surface area contributed by atoms with E-state index in [0.29, 0.717) is 11.4 Å². The van der Waals surface area contributed by atoms with Crippen LogP contribution >= 0.6 is 0 Å². The molecule has 2 N–H and O–H groups in total. The van der Waals surface area contributed by atoms with Gasteiger partial charge in [0, 0.05) is 30.3 Å². The van der Waals surface area contributed by atoms with Gasteiger partial charge < -0.3 is 10.3 Å². The van der Waals surface area contributed by atoms with Gasteiger partial charge in [0.2, 0.25) is 0 Å². The minimum atomic E-state index is -0.949. The standard InChI is InChI=1S/C12H12F2N4/c13-8-5-7(10(15)6-9(8)14)12-17-16-11-3-1-2-4-18(11)12/h5-6H,1-4,15H2. The van der Waals surface area contributed by atoms with Crippen LogP contribution in [-0.2, 0) is 13.0 Å². The maximum absolute atomic E-state index is 13.3. The van der Waals surface area contributed by atoms with E-state index in [1.807, 2.05) is 4.57 Å². The summed E-state index contributed by atoms with van der Waals surface area (Å²) in [5.74, 6) is -0.483. The summed E-state index contributed by atoms with van der Waals surface area (Å²) in [7, 11) is 0. The number of rotatable bonds is 1. The van der Waals surface area contributed by atoms with Crippen LogP contribution in [0.3, 0.4) is 0 Å². The van der Waals surface area contributed by atoms with Crippen LogP contribution in [0.2, 0.25) is 0 Å². The monoisotopic (exact) mass is 250 g/mol. The molecule has 0 spiro atoms. The molecule has 0 aliphatic carbocycles. The van der Waals surface area contributed by atoms with Gasteiger partial charge in [-0.1, -0.05) is 0 Å². The van der Waals surface area contributed by atoms with E-state index < -0.39 is 11.6 Å². The van der Waals surface area contributed by atoms with Gasteiger partial charge in [-0.05, 0) is 18.9 Å². The van der Waals surface area contributed by atoms with E-state index >= 15 is 0 Å². The first kappa shape index (κ1) is 11.1. The number of nitrogens with zero attached hydrogens (tertiary/aromatic N) is 3. The number of nitrogen functional groups attached to an aromatic ring is 1. The van der Waals surface area contributed by atoms with Gasteiger partial charge in [-0.2, -0.15) is 0 Å². The number of aryl methyl sites for hydroxylation is 1. The van der Waals surface area contributed by atoms with Crippen molar-refractivity contribution in [3.8, 4) is 11.4 Å². The van der Waals surface area contributed by atoms with Crippen LogP contribution in [0.5, 0.6) is 0 Å². The van der Waals surface area contributed by atoms with E-state index in [1.165, 1.54) is 0 Å². The summed E-state index contributed by atoms with van der Waals surface area (Å²) in [4.78, 5) is 0. The van der Waals surface area contributed by atoms with Gasteiger partial charge in [0.1, 0.15) is 5.82 Å². The van der Waals surface area contributed by atoms with Crippen LogP contribution in [0.25, 0.3) is 11.4 Å². The smallest absolute Gasteiger partial charge is 0.166 e. The van der Waals surface area contributed by atoms with Crippen molar-refractivity contribution in [3.63, 3.8) is 0 Å². The zero-order valence-electron chi connectivity index (χ0n) is 9.66. The fourth-order valence-electron chi connectivity index (χ4n) is 2.26. The Labute approximate surface area is 102 Å². The topological polar surface area (TPSA) is 56.7 Å². The van der Waals surface area contributed by atoms with E-state index in [1.54, 1.807) is 0 Å². The average molecular weight is 250 g/mol. The molecule has 0 unspecified atom stereocenters. The zero-order valence-corrected chi connectivity index (χ0v) is 9.66. The molecule has 0 amide bonds. The highest BCUT2D eigenvalue weighted by Crippen LogP contribution is 2.29. The van der Waals surface area contributed by atoms with Crippen LogP contribution in [-0.4, -0.2) is 14.8 Å². The number of aromatic nitrogens is 3. The molecule has 4 nitrogen and oxygen atoms in total. The van der Waals surface area contributed by atoms with Crippen molar-refractivity contribution >= 4 is 5.69 Å². The summed E-state index contributed by atoms with van der Waals surface area (Å²) < 4.78 is 28.3. The first-order chi connectivity index (χ1) is 8.66. The summed E-state index contributed by atoms with van der Waals surface area (Å²) in [5.41, 5.74) is 6.30. The fraction of sp³-hybridized carbons (Fsp3) is 0.333. The third-order valence-electron chi connectivity index (χ3n) is 3.19. The molecule has 1 aromatic carbocycles. The largest absolute Gasteiger partial charge is 0.398 e. The first-order valence-corrected chi connectivity index (χ1v) is 5.84. The van der Waals surface area contributed by atoms with Gasteiger partial charge in [0.05, 0.1) is 0 Å². The number of benzene rings is 1. The lowest BCUT2D eigenvalue weighted by molar-refractivity contribution is 0.508. The normalized spacial score (nSPS) is 14.6. The van der Waals surface area contributed by atoms with Gasteiger partial charge in [-0.15, -0.1) is 10.2 Å². The molecule has 0 saturated heterocycles. The molecule has 1 aliphatic rings. The lowest BCUT2D eigenvalue weighted by Gasteiger charge is -2.15. The van der Waals surface area contributed by atoms with Crippen LogP contribution < -0.4 is 5.73 Å². The van der Waals surface area contributed by atoms with Crippen molar-refractivity contribution in [1.82, 2.24) is 14.8 Å². The molecule has 2 aromatic rings. The predicted molar refractivity (Wildman–Crippen MR) is 62.7 cm³/mol. The fourth-order valence-corrected chi connectivity index (χ4v) is 2.26. The maximum atomic E-state index is 13.3. The summed E-state index contributed by atoms with van der Waals surface area (Å²) in [6.45, 7) is 0.788. The Hall–Kier alpha value is -1.98. The highest BCUT2D eigenvalue weighted by Gasteiger charge is 2.19. The minimum Gasteiger partial charge on any atom is -0.398 e. The molecule has 1 aromatic heterocycles. The van der Waals surface area contributed by atoms with E-state index in [9.17, 15) is 8.78 Å². The Balaban J connectivity index is 2.15. The van der Waals surface area contributed by atoms with Crippen molar-refractivity contribution in [2.75, 3.05) is 5.73 Å². The van der Waals surface area contributed by atoms with Gasteiger partial charge in [0.25, 0.3) is 0 Å². The number of anilines is 1. The highest BCUT2D eigenvalue weighted by molar-refractivity contribution is 5.71. The quantitative estimate of drug-likeness (QED) is 0.789. The molecule has 0 fully saturated rings. The second-order valence-corrected chi connectivity index (χ2v) is 4.40. The Bertz CT molecular complexity index is 606. The second kappa shape index (κ2) is 4.04. The summed E-state index contributed by atoms with van der Waals surface area (Å²) in [5, 5.41) is 8.11. The Morgan fingerprint density at radius 2 is 1.89 bits per heavy atom. The van der Waals surface area contributed by atoms with E-state index in [4.69, 9.17) is 5.73 Å². The SMILES string of the molecule is Nc1cc(F)c(F)cc1-c1nnc2n1CCCC2. The molecule has 0 radical (unpaired) electrons. The van der Waals surface area contributed by atoms with E-state index in [2.05, 4.69) is 10.2 Å². The molecular formula is C12H12F2N4. The van der Waals surface area contributed by atoms with Crippen molar-refractivity contribution < 1.29 is 8.78 Å². The highest BCUT2D eigenvalue weighted by atomic mass is 19.2. The van der Waals surface area contributed by atoms with Crippen LogP contribution in [0.4, 0.5) is 14.5 Å². The minimum absolute atomic E-state index is 0.176. The lowest BCUT2D eigenvalue weighted by atomic mass is 10.1.